The number of hydrogen-bond donors (Lipinski definition) is 2. The Balaban J connectivity index is 1.94. The molecule has 0 aromatic heterocycles. The summed E-state index contributed by atoms with van der Waals surface area (Å²) in [5.41, 5.74) is 1.35. The summed E-state index contributed by atoms with van der Waals surface area (Å²) in [7, 11) is 0. The van der Waals surface area contributed by atoms with E-state index in [-0.39, 0.29) is 12.5 Å². The summed E-state index contributed by atoms with van der Waals surface area (Å²) in [5, 5.41) is 6.81. The third kappa shape index (κ3) is 4.40. The van der Waals surface area contributed by atoms with Gasteiger partial charge in [-0.1, -0.05) is 45.2 Å². The smallest absolute Gasteiger partial charge is 0.243 e. The zero-order valence-electron chi connectivity index (χ0n) is 10.3. The van der Waals surface area contributed by atoms with E-state index < -0.39 is 0 Å². The van der Waals surface area contributed by atoms with Crippen LogP contribution in [0.4, 0.5) is 11.4 Å². The highest BCUT2D eigenvalue weighted by atomic mass is 79.9. The molecule has 0 spiro atoms. The highest BCUT2D eigenvalue weighted by Crippen LogP contribution is 2.25. The summed E-state index contributed by atoms with van der Waals surface area (Å²) in [5.74, 6) is -0.167. The summed E-state index contributed by atoms with van der Waals surface area (Å²) in [6.45, 7) is 0.104. The van der Waals surface area contributed by atoms with Gasteiger partial charge in [0.2, 0.25) is 5.91 Å². The second-order valence-corrected chi connectivity index (χ2v) is 5.80. The van der Waals surface area contributed by atoms with Crippen LogP contribution in [0.3, 0.4) is 0 Å². The average Bonchev–Trinajstić information content (AvgIpc) is 2.40. The summed E-state index contributed by atoms with van der Waals surface area (Å²) in [4.78, 5) is 11.8. The van der Waals surface area contributed by atoms with Crippen LogP contribution in [0.25, 0.3) is 0 Å². The van der Waals surface area contributed by atoms with E-state index in [0.717, 1.165) is 10.2 Å². The Morgan fingerprint density at radius 2 is 1.95 bits per heavy atom. The van der Waals surface area contributed by atoms with Crippen LogP contribution in [-0.2, 0) is 4.79 Å². The summed E-state index contributed by atoms with van der Waals surface area (Å²) < 4.78 is 0.904. The monoisotopic (exact) mass is 372 g/mol. The summed E-state index contributed by atoms with van der Waals surface area (Å²) in [6.07, 6.45) is 0. The molecule has 0 aliphatic rings. The lowest BCUT2D eigenvalue weighted by Crippen LogP contribution is -2.21. The van der Waals surface area contributed by atoms with Crippen LogP contribution >= 0.6 is 39.1 Å². The highest BCUT2D eigenvalue weighted by Gasteiger charge is 2.05. The first-order valence-electron chi connectivity index (χ1n) is 5.79. The van der Waals surface area contributed by atoms with Crippen LogP contribution in [0.2, 0.25) is 10.0 Å². The fourth-order valence-corrected chi connectivity index (χ4v) is 2.34. The molecule has 2 N–H and O–H groups in total. The molecular weight excluding hydrogens is 363 g/mol. The molecule has 0 heterocycles. The van der Waals surface area contributed by atoms with Gasteiger partial charge in [-0.05, 0) is 36.4 Å². The zero-order chi connectivity index (χ0) is 14.5. The van der Waals surface area contributed by atoms with Crippen molar-refractivity contribution in [3.05, 3.63) is 57.0 Å². The minimum absolute atomic E-state index is 0.104. The molecule has 0 saturated carbocycles. The number of carbonyl (C=O) groups is 1. The van der Waals surface area contributed by atoms with E-state index >= 15 is 0 Å². The van der Waals surface area contributed by atoms with Crippen LogP contribution < -0.4 is 10.6 Å². The van der Waals surface area contributed by atoms with Crippen molar-refractivity contribution in [1.82, 2.24) is 0 Å². The van der Waals surface area contributed by atoms with Gasteiger partial charge in [0.05, 0.1) is 17.3 Å². The van der Waals surface area contributed by atoms with Crippen molar-refractivity contribution >= 4 is 56.4 Å². The topological polar surface area (TPSA) is 41.1 Å². The summed E-state index contributed by atoms with van der Waals surface area (Å²) in [6, 6.07) is 12.4. The number of nitrogens with one attached hydrogen (secondary N) is 2. The lowest BCUT2D eigenvalue weighted by atomic mass is 10.3. The molecule has 0 fully saturated rings. The van der Waals surface area contributed by atoms with Crippen LogP contribution in [0.5, 0.6) is 0 Å². The quantitative estimate of drug-likeness (QED) is 0.807. The van der Waals surface area contributed by atoms with Gasteiger partial charge in [0.1, 0.15) is 0 Å². The third-order valence-corrected chi connectivity index (χ3v) is 3.53. The van der Waals surface area contributed by atoms with Gasteiger partial charge in [0, 0.05) is 15.2 Å². The van der Waals surface area contributed by atoms with Gasteiger partial charge in [-0.15, -0.1) is 0 Å². The van der Waals surface area contributed by atoms with E-state index in [1.165, 1.54) is 0 Å². The van der Waals surface area contributed by atoms with E-state index in [9.17, 15) is 4.79 Å². The Morgan fingerprint density at radius 1 is 1.15 bits per heavy atom. The fourth-order valence-electron chi connectivity index (χ4n) is 1.58. The molecule has 20 heavy (non-hydrogen) atoms. The SMILES string of the molecule is O=C(CNc1cc(Cl)ccc1Cl)Nc1cccc(Br)c1. The second-order valence-electron chi connectivity index (χ2n) is 4.04. The Hall–Kier alpha value is -1.23. The molecule has 104 valence electrons. The van der Waals surface area contributed by atoms with Gasteiger partial charge in [0.25, 0.3) is 0 Å². The third-order valence-electron chi connectivity index (χ3n) is 2.48. The Kier molecular flexibility index (Phi) is 5.29. The van der Waals surface area contributed by atoms with Crippen molar-refractivity contribution in [1.29, 1.82) is 0 Å². The predicted molar refractivity (Wildman–Crippen MR) is 87.7 cm³/mol. The maximum atomic E-state index is 11.8. The molecule has 6 heteroatoms. The molecule has 0 bridgehead atoms. The fraction of sp³-hybridized carbons (Fsp3) is 0.0714. The van der Waals surface area contributed by atoms with Crippen molar-refractivity contribution in [2.45, 2.75) is 0 Å². The molecule has 0 aliphatic heterocycles. The van der Waals surface area contributed by atoms with E-state index in [4.69, 9.17) is 23.2 Å². The standard InChI is InChI=1S/C14H11BrCl2N2O/c15-9-2-1-3-11(6-9)19-14(20)8-18-13-7-10(16)4-5-12(13)17/h1-7,18H,8H2,(H,19,20). The number of hydrogen-bond acceptors (Lipinski definition) is 2. The van der Waals surface area contributed by atoms with Crippen molar-refractivity contribution < 1.29 is 4.79 Å². The first kappa shape index (κ1) is 15.2. The van der Waals surface area contributed by atoms with Gasteiger partial charge in [0.15, 0.2) is 0 Å². The van der Waals surface area contributed by atoms with Crippen LogP contribution in [0.15, 0.2) is 46.9 Å². The van der Waals surface area contributed by atoms with Gasteiger partial charge in [-0.2, -0.15) is 0 Å². The molecule has 0 aliphatic carbocycles. The van der Waals surface area contributed by atoms with Crippen molar-refractivity contribution in [2.75, 3.05) is 17.2 Å². The maximum absolute atomic E-state index is 11.8. The minimum atomic E-state index is -0.167. The van der Waals surface area contributed by atoms with E-state index in [0.29, 0.717) is 15.7 Å². The number of carbonyl (C=O) groups excluding carboxylic acids is 1. The first-order valence-corrected chi connectivity index (χ1v) is 7.34. The Labute approximate surface area is 135 Å². The zero-order valence-corrected chi connectivity index (χ0v) is 13.4. The van der Waals surface area contributed by atoms with E-state index in [2.05, 4.69) is 26.6 Å². The number of benzene rings is 2. The van der Waals surface area contributed by atoms with Crippen molar-refractivity contribution in [3.8, 4) is 0 Å². The Morgan fingerprint density at radius 3 is 2.70 bits per heavy atom. The van der Waals surface area contributed by atoms with Gasteiger partial charge in [-0.3, -0.25) is 4.79 Å². The molecule has 0 atom stereocenters. The molecule has 0 saturated heterocycles. The number of anilines is 2. The average molecular weight is 374 g/mol. The highest BCUT2D eigenvalue weighted by molar-refractivity contribution is 9.10. The van der Waals surface area contributed by atoms with Gasteiger partial charge >= 0.3 is 0 Å². The predicted octanol–water partition coefficient (Wildman–Crippen LogP) is 4.81. The number of rotatable bonds is 4. The molecule has 1 amide bonds. The molecule has 0 radical (unpaired) electrons. The molecular formula is C14H11BrCl2N2O. The second kappa shape index (κ2) is 6.97. The Bertz CT molecular complexity index is 634. The number of halogens is 3. The van der Waals surface area contributed by atoms with E-state index in [1.54, 1.807) is 18.2 Å². The van der Waals surface area contributed by atoms with E-state index in [1.807, 2.05) is 24.3 Å². The molecule has 2 rings (SSSR count). The van der Waals surface area contributed by atoms with Crippen LogP contribution in [-0.4, -0.2) is 12.5 Å². The van der Waals surface area contributed by atoms with Gasteiger partial charge in [-0.25, -0.2) is 0 Å². The lowest BCUT2D eigenvalue weighted by Gasteiger charge is -2.09. The molecule has 3 nitrogen and oxygen atoms in total. The lowest BCUT2D eigenvalue weighted by molar-refractivity contribution is -0.114. The maximum Gasteiger partial charge on any atom is 0.243 e. The van der Waals surface area contributed by atoms with Crippen molar-refractivity contribution in [3.63, 3.8) is 0 Å². The van der Waals surface area contributed by atoms with Gasteiger partial charge < -0.3 is 10.6 Å². The van der Waals surface area contributed by atoms with Crippen LogP contribution in [0, 0.1) is 0 Å². The normalized spacial score (nSPS) is 10.2. The molecule has 2 aromatic rings. The molecule has 2 aromatic carbocycles. The summed E-state index contributed by atoms with van der Waals surface area (Å²) >= 11 is 15.2. The van der Waals surface area contributed by atoms with Crippen molar-refractivity contribution in [2.24, 2.45) is 0 Å². The largest absolute Gasteiger partial charge is 0.375 e. The number of amides is 1. The first-order chi connectivity index (χ1) is 9.54. The van der Waals surface area contributed by atoms with Crippen LogP contribution in [0.1, 0.15) is 0 Å². The molecule has 0 unspecified atom stereocenters. The minimum Gasteiger partial charge on any atom is -0.375 e.